The molecular weight excluding hydrogens is 286 g/mol. The minimum Gasteiger partial charge on any atom is -0.384 e. The summed E-state index contributed by atoms with van der Waals surface area (Å²) in [7, 11) is 4.00. The van der Waals surface area contributed by atoms with E-state index in [1.807, 2.05) is 14.1 Å². The SMILES string of the molecule is CN(C)CCn1ncc(Cl)c1C(O)C1CSCCO1. The van der Waals surface area contributed by atoms with Crippen molar-refractivity contribution in [3.63, 3.8) is 0 Å². The molecule has 0 aromatic carbocycles. The van der Waals surface area contributed by atoms with Crippen LogP contribution in [0.25, 0.3) is 0 Å². The third kappa shape index (κ3) is 3.86. The van der Waals surface area contributed by atoms with Gasteiger partial charge in [0.25, 0.3) is 0 Å². The normalized spacial score (nSPS) is 21.8. The lowest BCUT2D eigenvalue weighted by atomic mass is 10.1. The van der Waals surface area contributed by atoms with E-state index in [9.17, 15) is 5.11 Å². The Kier molecular flexibility index (Phi) is 5.53. The summed E-state index contributed by atoms with van der Waals surface area (Å²) >= 11 is 7.95. The standard InChI is InChI=1S/C12H20ClN3O2S/c1-15(2)3-4-16-11(9(13)7-14-16)12(17)10-8-19-6-5-18-10/h7,10,12,17H,3-6,8H2,1-2H3. The molecule has 0 aliphatic carbocycles. The van der Waals surface area contributed by atoms with Crippen molar-refractivity contribution < 1.29 is 9.84 Å². The van der Waals surface area contributed by atoms with Crippen LogP contribution in [0.2, 0.25) is 5.02 Å². The fourth-order valence-electron chi connectivity index (χ4n) is 2.00. The fourth-order valence-corrected chi connectivity index (χ4v) is 3.15. The molecule has 1 N–H and O–H groups in total. The van der Waals surface area contributed by atoms with E-state index in [1.54, 1.807) is 22.6 Å². The van der Waals surface area contributed by atoms with Gasteiger partial charge in [0.15, 0.2) is 0 Å². The maximum absolute atomic E-state index is 10.5. The summed E-state index contributed by atoms with van der Waals surface area (Å²) in [6.45, 7) is 2.22. The Balaban J connectivity index is 2.10. The van der Waals surface area contributed by atoms with Crippen LogP contribution < -0.4 is 0 Å². The highest BCUT2D eigenvalue weighted by molar-refractivity contribution is 7.99. The lowest BCUT2D eigenvalue weighted by Crippen LogP contribution is -2.32. The van der Waals surface area contributed by atoms with Crippen molar-refractivity contribution in [2.75, 3.05) is 38.8 Å². The molecule has 0 saturated carbocycles. The van der Waals surface area contributed by atoms with Crippen LogP contribution in [0.3, 0.4) is 0 Å². The highest BCUT2D eigenvalue weighted by atomic mass is 35.5. The van der Waals surface area contributed by atoms with Crippen LogP contribution in [0.4, 0.5) is 0 Å². The number of aliphatic hydroxyl groups is 1. The summed E-state index contributed by atoms with van der Waals surface area (Å²) in [5.41, 5.74) is 0.663. The first-order valence-electron chi connectivity index (χ1n) is 6.33. The maximum Gasteiger partial charge on any atom is 0.124 e. The summed E-state index contributed by atoms with van der Waals surface area (Å²) in [5.74, 6) is 1.77. The lowest BCUT2D eigenvalue weighted by Gasteiger charge is -2.27. The van der Waals surface area contributed by atoms with Crippen molar-refractivity contribution in [3.8, 4) is 0 Å². The van der Waals surface area contributed by atoms with E-state index in [0.717, 1.165) is 18.1 Å². The second kappa shape index (κ2) is 6.95. The van der Waals surface area contributed by atoms with Crippen LogP contribution >= 0.6 is 23.4 Å². The number of rotatable bonds is 5. The summed E-state index contributed by atoms with van der Waals surface area (Å²) in [5, 5.41) is 15.2. The fraction of sp³-hybridized carbons (Fsp3) is 0.750. The Morgan fingerprint density at radius 2 is 2.47 bits per heavy atom. The number of likely N-dealkylation sites (N-methyl/N-ethyl adjacent to an activating group) is 1. The van der Waals surface area contributed by atoms with Crippen LogP contribution in [0, 0.1) is 0 Å². The highest BCUT2D eigenvalue weighted by Crippen LogP contribution is 2.30. The largest absolute Gasteiger partial charge is 0.384 e. The topological polar surface area (TPSA) is 50.5 Å². The molecule has 0 amide bonds. The van der Waals surface area contributed by atoms with E-state index < -0.39 is 6.10 Å². The first kappa shape index (κ1) is 15.1. The maximum atomic E-state index is 10.5. The average Bonchev–Trinajstić information content (AvgIpc) is 2.78. The van der Waals surface area contributed by atoms with E-state index >= 15 is 0 Å². The molecule has 2 heterocycles. The third-order valence-electron chi connectivity index (χ3n) is 3.07. The summed E-state index contributed by atoms with van der Waals surface area (Å²) < 4.78 is 7.39. The van der Waals surface area contributed by atoms with Crippen molar-refractivity contribution in [2.24, 2.45) is 0 Å². The molecule has 2 unspecified atom stereocenters. The molecule has 2 atom stereocenters. The van der Waals surface area contributed by atoms with Gasteiger partial charge in [-0.1, -0.05) is 11.6 Å². The number of thioether (sulfide) groups is 1. The first-order chi connectivity index (χ1) is 9.09. The molecule has 2 rings (SSSR count). The van der Waals surface area contributed by atoms with Gasteiger partial charge in [-0.25, -0.2) is 0 Å². The Labute approximate surface area is 122 Å². The van der Waals surface area contributed by atoms with Crippen molar-refractivity contribution in [1.82, 2.24) is 14.7 Å². The molecule has 1 saturated heterocycles. The molecule has 0 radical (unpaired) electrons. The van der Waals surface area contributed by atoms with Crippen molar-refractivity contribution >= 4 is 23.4 Å². The third-order valence-corrected chi connectivity index (χ3v) is 4.38. The Morgan fingerprint density at radius 3 is 3.11 bits per heavy atom. The molecule has 1 aromatic heterocycles. The number of hydrogen-bond donors (Lipinski definition) is 1. The predicted octanol–water partition coefficient (Wildman–Crippen LogP) is 1.26. The van der Waals surface area contributed by atoms with Gasteiger partial charge < -0.3 is 14.7 Å². The smallest absolute Gasteiger partial charge is 0.124 e. The van der Waals surface area contributed by atoms with E-state index in [2.05, 4.69) is 10.00 Å². The van der Waals surface area contributed by atoms with Crippen molar-refractivity contribution in [1.29, 1.82) is 0 Å². The van der Waals surface area contributed by atoms with Crippen LogP contribution in [0.5, 0.6) is 0 Å². The molecule has 0 spiro atoms. The molecule has 1 aliphatic rings. The molecule has 0 bridgehead atoms. The molecule has 19 heavy (non-hydrogen) atoms. The number of nitrogens with zero attached hydrogens (tertiary/aromatic N) is 3. The Bertz CT molecular complexity index is 408. The van der Waals surface area contributed by atoms with E-state index in [0.29, 0.717) is 23.9 Å². The molecule has 5 nitrogen and oxygen atoms in total. The molecular formula is C12H20ClN3O2S. The highest BCUT2D eigenvalue weighted by Gasteiger charge is 2.29. The molecule has 108 valence electrons. The molecule has 1 aromatic rings. The minimum atomic E-state index is -0.718. The van der Waals surface area contributed by atoms with Crippen LogP contribution in [0.1, 0.15) is 11.8 Å². The van der Waals surface area contributed by atoms with Gasteiger partial charge in [-0.2, -0.15) is 16.9 Å². The monoisotopic (exact) mass is 305 g/mol. The number of aromatic nitrogens is 2. The van der Waals surface area contributed by atoms with Gasteiger partial charge in [-0.15, -0.1) is 0 Å². The summed E-state index contributed by atoms with van der Waals surface area (Å²) in [6, 6.07) is 0. The van der Waals surface area contributed by atoms with Gasteiger partial charge in [-0.05, 0) is 14.1 Å². The second-order valence-electron chi connectivity index (χ2n) is 4.83. The van der Waals surface area contributed by atoms with Crippen LogP contribution in [-0.4, -0.2) is 64.6 Å². The number of halogens is 1. The average molecular weight is 306 g/mol. The zero-order chi connectivity index (χ0) is 13.8. The van der Waals surface area contributed by atoms with E-state index in [1.165, 1.54) is 0 Å². The zero-order valence-electron chi connectivity index (χ0n) is 11.3. The van der Waals surface area contributed by atoms with E-state index in [4.69, 9.17) is 16.3 Å². The van der Waals surface area contributed by atoms with Crippen molar-refractivity contribution in [2.45, 2.75) is 18.8 Å². The lowest BCUT2D eigenvalue weighted by molar-refractivity contribution is -0.0265. The van der Waals surface area contributed by atoms with Gasteiger partial charge in [0.2, 0.25) is 0 Å². The van der Waals surface area contributed by atoms with Crippen LogP contribution in [0.15, 0.2) is 6.20 Å². The first-order valence-corrected chi connectivity index (χ1v) is 7.86. The number of ether oxygens (including phenoxy) is 1. The second-order valence-corrected chi connectivity index (χ2v) is 6.39. The molecule has 1 aliphatic heterocycles. The van der Waals surface area contributed by atoms with Gasteiger partial charge in [-0.3, -0.25) is 4.68 Å². The minimum absolute atomic E-state index is 0.203. The van der Waals surface area contributed by atoms with Gasteiger partial charge >= 0.3 is 0 Å². The quantitative estimate of drug-likeness (QED) is 0.888. The predicted molar refractivity (Wildman–Crippen MR) is 77.8 cm³/mol. The van der Waals surface area contributed by atoms with E-state index in [-0.39, 0.29) is 6.10 Å². The Morgan fingerprint density at radius 1 is 1.68 bits per heavy atom. The zero-order valence-corrected chi connectivity index (χ0v) is 12.8. The Hall–Kier alpha value is -0.270. The van der Waals surface area contributed by atoms with Crippen molar-refractivity contribution in [3.05, 3.63) is 16.9 Å². The van der Waals surface area contributed by atoms with Gasteiger partial charge in [0, 0.05) is 18.1 Å². The summed E-state index contributed by atoms with van der Waals surface area (Å²) in [6.07, 6.45) is 0.669. The molecule has 1 fully saturated rings. The van der Waals surface area contributed by atoms with Gasteiger partial charge in [0.05, 0.1) is 36.2 Å². The van der Waals surface area contributed by atoms with Crippen LogP contribution in [-0.2, 0) is 11.3 Å². The number of hydrogen-bond acceptors (Lipinski definition) is 5. The number of aliphatic hydroxyl groups excluding tert-OH is 1. The van der Waals surface area contributed by atoms with Gasteiger partial charge in [0.1, 0.15) is 6.10 Å². The molecule has 7 heteroatoms. The summed E-state index contributed by atoms with van der Waals surface area (Å²) in [4.78, 5) is 2.07.